The summed E-state index contributed by atoms with van der Waals surface area (Å²) in [4.78, 5) is 41.8. The predicted octanol–water partition coefficient (Wildman–Crippen LogP) is 3.70. The van der Waals surface area contributed by atoms with Crippen LogP contribution in [0.4, 0.5) is 24.5 Å². The lowest BCUT2D eigenvalue weighted by atomic mass is 10.1. The van der Waals surface area contributed by atoms with Gasteiger partial charge in [-0.15, -0.1) is 0 Å². The lowest BCUT2D eigenvalue weighted by Gasteiger charge is -2.35. The molecule has 2 aromatic rings. The van der Waals surface area contributed by atoms with E-state index in [0.717, 1.165) is 12.1 Å². The number of nitro benzene ring substituents is 1. The fourth-order valence-electron chi connectivity index (χ4n) is 3.90. The third-order valence-corrected chi connectivity index (χ3v) is 5.54. The van der Waals surface area contributed by atoms with Crippen LogP contribution in [0.2, 0.25) is 0 Å². The van der Waals surface area contributed by atoms with Crippen LogP contribution in [0.15, 0.2) is 18.2 Å². The van der Waals surface area contributed by atoms with Gasteiger partial charge >= 0.3 is 12.1 Å². The number of aryl methyl sites for hydroxylation is 1. The van der Waals surface area contributed by atoms with E-state index >= 15 is 0 Å². The summed E-state index contributed by atoms with van der Waals surface area (Å²) >= 11 is 0. The molecule has 1 saturated heterocycles. The van der Waals surface area contributed by atoms with Gasteiger partial charge in [0, 0.05) is 37.9 Å². The average Bonchev–Trinajstić information content (AvgIpc) is 3.06. The number of benzene rings is 1. The van der Waals surface area contributed by atoms with Gasteiger partial charge in [0.2, 0.25) is 0 Å². The average molecular weight is 468 g/mol. The summed E-state index contributed by atoms with van der Waals surface area (Å²) in [6.07, 6.45) is -4.69. The molecular weight excluding hydrogens is 445 g/mol. The molecule has 0 unspecified atom stereocenters. The highest BCUT2D eigenvalue weighted by Gasteiger charge is 2.35. The Morgan fingerprint density at radius 3 is 2.36 bits per heavy atom. The zero-order valence-electron chi connectivity index (χ0n) is 18.3. The topological polar surface area (TPSA) is 109 Å². The van der Waals surface area contributed by atoms with E-state index in [9.17, 15) is 32.9 Å². The van der Waals surface area contributed by atoms with E-state index in [1.54, 1.807) is 25.7 Å². The molecule has 0 atom stereocenters. The smallest absolute Gasteiger partial charge is 0.416 e. The molecule has 0 radical (unpaired) electrons. The maximum Gasteiger partial charge on any atom is 0.416 e. The number of aromatic amines is 1. The number of nitro groups is 1. The van der Waals surface area contributed by atoms with Crippen molar-refractivity contribution in [2.45, 2.75) is 26.9 Å². The van der Waals surface area contributed by atoms with Crippen molar-refractivity contribution in [2.75, 3.05) is 37.7 Å². The first-order valence-corrected chi connectivity index (χ1v) is 10.2. The number of aromatic nitrogens is 1. The second kappa shape index (κ2) is 9.12. The van der Waals surface area contributed by atoms with Gasteiger partial charge in [-0.05, 0) is 38.5 Å². The van der Waals surface area contributed by atoms with Crippen LogP contribution in [0, 0.1) is 24.0 Å². The molecule has 12 heteroatoms. The van der Waals surface area contributed by atoms with E-state index in [2.05, 4.69) is 4.98 Å². The van der Waals surface area contributed by atoms with Crippen molar-refractivity contribution < 1.29 is 32.4 Å². The normalized spacial score (nSPS) is 14.4. The number of nitrogens with one attached hydrogen (secondary N) is 1. The third kappa shape index (κ3) is 4.78. The number of carbonyl (C=O) groups excluding carboxylic acids is 2. The highest BCUT2D eigenvalue weighted by atomic mass is 19.4. The van der Waals surface area contributed by atoms with Gasteiger partial charge in [0.1, 0.15) is 11.4 Å². The number of anilines is 1. The maximum absolute atomic E-state index is 13.0. The second-order valence-corrected chi connectivity index (χ2v) is 7.58. The number of hydrogen-bond donors (Lipinski definition) is 1. The van der Waals surface area contributed by atoms with Crippen molar-refractivity contribution in [3.63, 3.8) is 0 Å². The van der Waals surface area contributed by atoms with Crippen LogP contribution in [-0.2, 0) is 10.9 Å². The second-order valence-electron chi connectivity index (χ2n) is 7.58. The molecule has 1 aliphatic rings. The number of rotatable bonds is 5. The minimum absolute atomic E-state index is 0.0663. The standard InChI is InChI=1S/C21H23F3N4O5/c1-4-33-20(30)17-12(2)18(25-13(17)3)19(29)27-9-7-26(8-10-27)15-6-5-14(21(22,23)24)11-16(15)28(31)32/h5-6,11,25H,4,7-10H2,1-3H3. The molecule has 0 spiro atoms. The third-order valence-electron chi connectivity index (χ3n) is 5.54. The first kappa shape index (κ1) is 24.1. The molecule has 0 aliphatic carbocycles. The fraction of sp³-hybridized carbons (Fsp3) is 0.429. The first-order valence-electron chi connectivity index (χ1n) is 10.2. The molecule has 1 aromatic carbocycles. The molecule has 0 saturated carbocycles. The molecule has 3 rings (SSSR count). The van der Waals surface area contributed by atoms with E-state index in [0.29, 0.717) is 22.9 Å². The van der Waals surface area contributed by atoms with Crippen molar-refractivity contribution in [1.29, 1.82) is 0 Å². The predicted molar refractivity (Wildman–Crippen MR) is 112 cm³/mol. The summed E-state index contributed by atoms with van der Waals surface area (Å²) in [6, 6.07) is 2.42. The Labute approximate surface area is 187 Å². The lowest BCUT2D eigenvalue weighted by molar-refractivity contribution is -0.384. The zero-order valence-corrected chi connectivity index (χ0v) is 18.3. The highest BCUT2D eigenvalue weighted by Crippen LogP contribution is 2.37. The Balaban J connectivity index is 1.77. The minimum Gasteiger partial charge on any atom is -0.462 e. The maximum atomic E-state index is 13.0. The van der Waals surface area contributed by atoms with E-state index < -0.39 is 28.3 Å². The quantitative estimate of drug-likeness (QED) is 0.407. The number of carbonyl (C=O) groups is 2. The van der Waals surface area contributed by atoms with Crippen LogP contribution in [0.3, 0.4) is 0 Å². The molecule has 2 heterocycles. The Morgan fingerprint density at radius 1 is 1.18 bits per heavy atom. The van der Waals surface area contributed by atoms with Gasteiger partial charge in [-0.1, -0.05) is 0 Å². The van der Waals surface area contributed by atoms with Crippen molar-refractivity contribution >= 4 is 23.3 Å². The summed E-state index contributed by atoms with van der Waals surface area (Å²) < 4.78 is 43.9. The Kier molecular flexibility index (Phi) is 6.65. The molecule has 9 nitrogen and oxygen atoms in total. The van der Waals surface area contributed by atoms with E-state index in [1.807, 2.05) is 0 Å². The molecule has 1 fully saturated rings. The van der Waals surface area contributed by atoms with Crippen LogP contribution in [0.25, 0.3) is 0 Å². The van der Waals surface area contributed by atoms with Gasteiger partial charge < -0.3 is 19.5 Å². The summed E-state index contributed by atoms with van der Waals surface area (Å²) in [5.41, 5.74) is -0.133. The SMILES string of the molecule is CCOC(=O)c1c(C)[nH]c(C(=O)N2CCN(c3ccc(C(F)(F)F)cc3[N+](=O)[O-])CC2)c1C. The van der Waals surface area contributed by atoms with Crippen LogP contribution >= 0.6 is 0 Å². The lowest BCUT2D eigenvalue weighted by Crippen LogP contribution is -2.49. The van der Waals surface area contributed by atoms with Gasteiger partial charge in [-0.3, -0.25) is 14.9 Å². The van der Waals surface area contributed by atoms with E-state index in [-0.39, 0.29) is 50.1 Å². The summed E-state index contributed by atoms with van der Waals surface area (Å²) in [5.74, 6) is -0.866. The van der Waals surface area contributed by atoms with Gasteiger partial charge in [-0.2, -0.15) is 13.2 Å². The number of ether oxygens (including phenoxy) is 1. The number of alkyl halides is 3. The van der Waals surface area contributed by atoms with Gasteiger partial charge in [0.05, 0.1) is 22.7 Å². The molecule has 33 heavy (non-hydrogen) atoms. The Hall–Kier alpha value is -3.57. The van der Waals surface area contributed by atoms with Crippen molar-refractivity contribution in [3.8, 4) is 0 Å². The van der Waals surface area contributed by atoms with Gasteiger partial charge in [0.15, 0.2) is 0 Å². The number of esters is 1. The van der Waals surface area contributed by atoms with Crippen molar-refractivity contribution in [2.24, 2.45) is 0 Å². The van der Waals surface area contributed by atoms with E-state index in [1.165, 1.54) is 4.90 Å². The molecular formula is C21H23F3N4O5. The number of halogens is 3. The number of H-pyrrole nitrogens is 1. The fourth-order valence-corrected chi connectivity index (χ4v) is 3.90. The van der Waals surface area contributed by atoms with Gasteiger partial charge in [-0.25, -0.2) is 4.79 Å². The summed E-state index contributed by atoms with van der Waals surface area (Å²) in [5, 5.41) is 11.4. The molecule has 1 amide bonds. The van der Waals surface area contributed by atoms with Crippen molar-refractivity contribution in [1.82, 2.24) is 9.88 Å². The van der Waals surface area contributed by atoms with Crippen molar-refractivity contribution in [3.05, 3.63) is 56.4 Å². The summed E-state index contributed by atoms with van der Waals surface area (Å²) in [6.45, 7) is 5.98. The highest BCUT2D eigenvalue weighted by molar-refractivity contribution is 6.00. The molecule has 1 aromatic heterocycles. The Bertz CT molecular complexity index is 1090. The summed E-state index contributed by atoms with van der Waals surface area (Å²) in [7, 11) is 0. The number of piperazine rings is 1. The monoisotopic (exact) mass is 468 g/mol. The van der Waals surface area contributed by atoms with Crippen LogP contribution in [-0.4, -0.2) is 59.5 Å². The molecule has 1 aliphatic heterocycles. The van der Waals surface area contributed by atoms with Crippen LogP contribution < -0.4 is 4.90 Å². The van der Waals surface area contributed by atoms with Crippen LogP contribution in [0.5, 0.6) is 0 Å². The number of amides is 1. The molecule has 178 valence electrons. The first-order chi connectivity index (χ1) is 15.5. The number of hydrogen-bond acceptors (Lipinski definition) is 6. The molecule has 1 N–H and O–H groups in total. The molecule has 0 bridgehead atoms. The largest absolute Gasteiger partial charge is 0.462 e. The van der Waals surface area contributed by atoms with Crippen LogP contribution in [0.1, 0.15) is 44.6 Å². The Morgan fingerprint density at radius 2 is 1.82 bits per heavy atom. The van der Waals surface area contributed by atoms with E-state index in [4.69, 9.17) is 4.74 Å². The zero-order chi connectivity index (χ0) is 24.5. The minimum atomic E-state index is -4.69. The number of nitrogens with zero attached hydrogens (tertiary/aromatic N) is 3. The van der Waals surface area contributed by atoms with Gasteiger partial charge in [0.25, 0.3) is 11.6 Å².